The minimum Gasteiger partial charge on any atom is -0.443 e. The molecule has 0 aliphatic heterocycles. The predicted octanol–water partition coefficient (Wildman–Crippen LogP) is 6.33. The van der Waals surface area contributed by atoms with Gasteiger partial charge in [0.05, 0.1) is 24.0 Å². The summed E-state index contributed by atoms with van der Waals surface area (Å²) in [5, 5.41) is 5.78. The topological polar surface area (TPSA) is 131 Å². The number of hydrogen-bond acceptors (Lipinski definition) is 9. The highest BCUT2D eigenvalue weighted by atomic mass is 19.1. The number of aryl methyl sites for hydroxylation is 1. The number of imide groups is 1. The Morgan fingerprint density at radius 2 is 1.56 bits per heavy atom. The van der Waals surface area contributed by atoms with Crippen molar-refractivity contribution in [3.8, 4) is 11.6 Å². The molecule has 5 rings (SSSR count). The van der Waals surface area contributed by atoms with Gasteiger partial charge in [0.2, 0.25) is 11.8 Å². The molecule has 0 aliphatic carbocycles. The molecular weight excluding hydrogens is 583 g/mol. The van der Waals surface area contributed by atoms with E-state index in [9.17, 15) is 18.8 Å². The maximum atomic E-state index is 13.7. The van der Waals surface area contributed by atoms with Crippen molar-refractivity contribution in [2.45, 2.75) is 59.3 Å². The van der Waals surface area contributed by atoms with Gasteiger partial charge in [0.1, 0.15) is 28.3 Å². The van der Waals surface area contributed by atoms with Crippen LogP contribution >= 0.6 is 0 Å². The zero-order valence-electron chi connectivity index (χ0n) is 26.0. The maximum absolute atomic E-state index is 13.7. The largest absolute Gasteiger partial charge is 0.443 e. The van der Waals surface area contributed by atoms with Crippen molar-refractivity contribution in [1.29, 1.82) is 0 Å². The van der Waals surface area contributed by atoms with Crippen molar-refractivity contribution in [2.75, 3.05) is 4.90 Å². The van der Waals surface area contributed by atoms with Crippen LogP contribution < -0.4 is 15.2 Å². The fourth-order valence-corrected chi connectivity index (χ4v) is 4.59. The Bertz CT molecular complexity index is 1960. The highest BCUT2D eigenvalue weighted by Crippen LogP contribution is 2.30. The van der Waals surface area contributed by atoms with Gasteiger partial charge >= 0.3 is 12.2 Å². The minimum absolute atomic E-state index is 0.0324. The van der Waals surface area contributed by atoms with Crippen molar-refractivity contribution in [3.63, 3.8) is 0 Å². The SMILES string of the molecule is Cn1c2cc(Oc3cccc(F)n3)ccc2c2cnn(Cc3cccc(N(C(=O)OC(C)(C)C)C(=O)OC(C)(C)C)n3)c(=O)c21. The predicted molar refractivity (Wildman–Crippen MR) is 165 cm³/mol. The molecule has 0 saturated heterocycles. The first kappa shape index (κ1) is 31.1. The third-order valence-electron chi connectivity index (χ3n) is 6.37. The molecule has 5 aromatic rings. The number of aromatic nitrogens is 5. The van der Waals surface area contributed by atoms with Crippen molar-refractivity contribution in [1.82, 2.24) is 24.3 Å². The van der Waals surface area contributed by atoms with Crippen LogP contribution in [-0.4, -0.2) is 47.7 Å². The van der Waals surface area contributed by atoms with Gasteiger partial charge in [-0.3, -0.25) is 4.79 Å². The van der Waals surface area contributed by atoms with Gasteiger partial charge in [-0.1, -0.05) is 12.1 Å². The molecule has 4 heterocycles. The number of rotatable bonds is 5. The molecule has 0 fully saturated rings. The maximum Gasteiger partial charge on any atom is 0.425 e. The molecule has 0 unspecified atom stereocenters. The van der Waals surface area contributed by atoms with Crippen LogP contribution in [0, 0.1) is 5.95 Å². The molecular formula is C32H33FN6O6. The van der Waals surface area contributed by atoms with E-state index in [0.717, 1.165) is 10.3 Å². The highest BCUT2D eigenvalue weighted by molar-refractivity contribution is 6.09. The fraction of sp³-hybridized carbons (Fsp3) is 0.312. The zero-order valence-corrected chi connectivity index (χ0v) is 26.0. The van der Waals surface area contributed by atoms with E-state index in [-0.39, 0.29) is 23.8 Å². The minimum atomic E-state index is -0.954. The van der Waals surface area contributed by atoms with Crippen LogP contribution in [0.3, 0.4) is 0 Å². The zero-order chi connectivity index (χ0) is 32.7. The lowest BCUT2D eigenvalue weighted by atomic mass is 10.2. The van der Waals surface area contributed by atoms with E-state index in [2.05, 4.69) is 15.1 Å². The highest BCUT2D eigenvalue weighted by Gasteiger charge is 2.33. The number of pyridine rings is 2. The molecule has 0 spiro atoms. The van der Waals surface area contributed by atoms with Crippen LogP contribution in [0.1, 0.15) is 47.2 Å². The summed E-state index contributed by atoms with van der Waals surface area (Å²) in [4.78, 5) is 48.8. The van der Waals surface area contributed by atoms with Crippen LogP contribution in [0.5, 0.6) is 11.6 Å². The average molecular weight is 617 g/mol. The van der Waals surface area contributed by atoms with Gasteiger partial charge in [-0.2, -0.15) is 19.4 Å². The third-order valence-corrected chi connectivity index (χ3v) is 6.37. The summed E-state index contributed by atoms with van der Waals surface area (Å²) in [5.41, 5.74) is -0.714. The first-order chi connectivity index (χ1) is 21.1. The number of carbonyl (C=O) groups excluding carboxylic acids is 2. The molecule has 0 saturated carbocycles. The summed E-state index contributed by atoms with van der Waals surface area (Å²) < 4.78 is 33.1. The summed E-state index contributed by atoms with van der Waals surface area (Å²) >= 11 is 0. The molecule has 0 radical (unpaired) electrons. The number of ether oxygens (including phenoxy) is 3. The summed E-state index contributed by atoms with van der Waals surface area (Å²) in [5.74, 6) is -0.175. The molecule has 0 atom stereocenters. The second-order valence-corrected chi connectivity index (χ2v) is 12.3. The van der Waals surface area contributed by atoms with E-state index in [0.29, 0.717) is 27.9 Å². The van der Waals surface area contributed by atoms with Crippen LogP contribution in [0.4, 0.5) is 19.8 Å². The van der Waals surface area contributed by atoms with E-state index >= 15 is 0 Å². The summed E-state index contributed by atoms with van der Waals surface area (Å²) in [6.45, 7) is 10.0. The molecule has 0 bridgehead atoms. The van der Waals surface area contributed by atoms with E-state index in [4.69, 9.17) is 14.2 Å². The standard InChI is InChI=1S/C32H33FN6O6/c1-31(2,3)44-29(41)39(30(42)45-32(4,5)6)25-12-8-10-19(35-25)18-38-28(40)27-22(17-34-38)21-15-14-20(16-23(21)37(27)7)43-26-13-9-11-24(33)36-26/h8-17H,18H2,1-7H3. The van der Waals surface area contributed by atoms with Gasteiger partial charge in [0.25, 0.3) is 5.56 Å². The summed E-state index contributed by atoms with van der Waals surface area (Å²) in [6, 6.07) is 14.2. The molecule has 0 N–H and O–H groups in total. The number of anilines is 1. The van der Waals surface area contributed by atoms with Crippen molar-refractivity contribution in [2.24, 2.45) is 7.05 Å². The first-order valence-electron chi connectivity index (χ1n) is 14.1. The van der Waals surface area contributed by atoms with Crippen LogP contribution in [0.2, 0.25) is 0 Å². The van der Waals surface area contributed by atoms with E-state index in [1.165, 1.54) is 22.9 Å². The fourth-order valence-electron chi connectivity index (χ4n) is 4.59. The molecule has 45 heavy (non-hydrogen) atoms. The molecule has 2 amide bonds. The van der Waals surface area contributed by atoms with Crippen LogP contribution in [0.25, 0.3) is 21.8 Å². The Kier molecular flexibility index (Phi) is 8.04. The van der Waals surface area contributed by atoms with Gasteiger partial charge in [-0.25, -0.2) is 19.3 Å². The molecule has 12 nitrogen and oxygen atoms in total. The summed E-state index contributed by atoms with van der Waals surface area (Å²) in [7, 11) is 1.75. The lowest BCUT2D eigenvalue weighted by Crippen LogP contribution is -2.44. The number of hydrogen-bond donors (Lipinski definition) is 0. The number of amides is 2. The van der Waals surface area contributed by atoms with Gasteiger partial charge in [-0.05, 0) is 71.9 Å². The van der Waals surface area contributed by atoms with E-state index in [1.807, 2.05) is 0 Å². The van der Waals surface area contributed by atoms with E-state index in [1.54, 1.807) is 95.8 Å². The lowest BCUT2D eigenvalue weighted by molar-refractivity contribution is 0.0429. The molecule has 0 aliphatic rings. The third kappa shape index (κ3) is 6.92. The quantitative estimate of drug-likeness (QED) is 0.208. The van der Waals surface area contributed by atoms with Gasteiger partial charge in [0.15, 0.2) is 0 Å². The summed E-state index contributed by atoms with van der Waals surface area (Å²) in [6.07, 6.45) is -0.319. The monoisotopic (exact) mass is 616 g/mol. The normalized spacial score (nSPS) is 11.9. The molecule has 4 aromatic heterocycles. The van der Waals surface area contributed by atoms with Crippen molar-refractivity contribution in [3.05, 3.63) is 82.8 Å². The van der Waals surface area contributed by atoms with Crippen molar-refractivity contribution < 1.29 is 28.2 Å². The van der Waals surface area contributed by atoms with Gasteiger partial charge in [-0.15, -0.1) is 0 Å². The lowest BCUT2D eigenvalue weighted by Gasteiger charge is -2.28. The van der Waals surface area contributed by atoms with Gasteiger partial charge in [0, 0.05) is 30.0 Å². The second-order valence-electron chi connectivity index (χ2n) is 12.3. The van der Waals surface area contributed by atoms with E-state index < -0.39 is 29.3 Å². The number of nitrogens with zero attached hydrogens (tertiary/aromatic N) is 6. The number of halogens is 1. The number of benzene rings is 1. The van der Waals surface area contributed by atoms with Crippen molar-refractivity contribution >= 4 is 39.8 Å². The second kappa shape index (κ2) is 11.6. The Morgan fingerprint density at radius 1 is 0.889 bits per heavy atom. The molecule has 234 valence electrons. The number of carbonyl (C=O) groups is 2. The number of fused-ring (bicyclic) bond motifs is 3. The van der Waals surface area contributed by atoms with Crippen LogP contribution in [0.15, 0.2) is 65.6 Å². The van der Waals surface area contributed by atoms with Crippen LogP contribution in [-0.2, 0) is 23.1 Å². The molecule has 1 aromatic carbocycles. The average Bonchev–Trinajstić information content (AvgIpc) is 3.20. The molecule has 13 heteroatoms. The Balaban J connectivity index is 1.48. The smallest absolute Gasteiger partial charge is 0.425 e. The Hall–Kier alpha value is -5.33. The Morgan fingerprint density at radius 3 is 2.20 bits per heavy atom. The van der Waals surface area contributed by atoms with Gasteiger partial charge < -0.3 is 18.8 Å². The Labute approximate surface area is 258 Å². The first-order valence-corrected chi connectivity index (χ1v) is 14.1.